The summed E-state index contributed by atoms with van der Waals surface area (Å²) >= 11 is 12.3. The van der Waals surface area contributed by atoms with E-state index < -0.39 is 33.4 Å². The van der Waals surface area contributed by atoms with Gasteiger partial charge in [0.05, 0.1) is 16.9 Å². The van der Waals surface area contributed by atoms with Crippen molar-refractivity contribution >= 4 is 56.4 Å². The molecule has 0 aliphatic rings. The number of amides is 2. The number of nitrogens with one attached hydrogen (secondary N) is 1. The molecule has 0 aromatic heterocycles. The molecule has 0 unspecified atom stereocenters. The van der Waals surface area contributed by atoms with Gasteiger partial charge in [0.15, 0.2) is 0 Å². The number of carbonyl (C=O) groups excluding carboxylic acids is 2. The van der Waals surface area contributed by atoms with Crippen LogP contribution in [0.4, 0.5) is 11.4 Å². The quantitative estimate of drug-likeness (QED) is 0.298. The zero-order valence-corrected chi connectivity index (χ0v) is 23.4. The Balaban J connectivity index is 2.55. The van der Waals surface area contributed by atoms with Gasteiger partial charge < -0.3 is 10.2 Å². The highest BCUT2D eigenvalue weighted by Gasteiger charge is 2.32. The Morgan fingerprint density at radius 1 is 1.14 bits per heavy atom. The van der Waals surface area contributed by atoms with E-state index >= 15 is 0 Å². The Bertz CT molecular complexity index is 1270. The van der Waals surface area contributed by atoms with Gasteiger partial charge in [0, 0.05) is 35.3 Å². The predicted octanol–water partition coefficient (Wildman–Crippen LogP) is 4.31. The van der Waals surface area contributed by atoms with Crippen molar-refractivity contribution in [3.05, 3.63) is 67.7 Å². The minimum atomic E-state index is -4.05. The molecule has 10 nitrogen and oxygen atoms in total. The number of nitro benzene ring substituents is 1. The molecule has 0 heterocycles. The van der Waals surface area contributed by atoms with Crippen LogP contribution >= 0.6 is 23.2 Å². The third-order valence-corrected chi connectivity index (χ3v) is 7.36. The second kappa shape index (κ2) is 13.1. The summed E-state index contributed by atoms with van der Waals surface area (Å²) in [5.41, 5.74) is 0.609. The molecule has 0 radical (unpaired) electrons. The standard InChI is InChI=1S/C24H30Cl2N4O6S/c1-5-11-27-24(32)21(6-2)28(14-17-8-9-18(25)12-20(17)26)23(31)15-29(37(4,35)36)22-13-19(30(33)34)10-7-16(22)3/h7-10,12-13,21H,5-6,11,14-15H2,1-4H3,(H,27,32)/t21-/m1/s1. The zero-order chi connectivity index (χ0) is 27.9. The summed E-state index contributed by atoms with van der Waals surface area (Å²) in [6.07, 6.45) is 1.85. The van der Waals surface area contributed by atoms with Crippen molar-refractivity contribution in [2.24, 2.45) is 0 Å². The van der Waals surface area contributed by atoms with E-state index in [9.17, 15) is 28.1 Å². The number of nitro groups is 1. The van der Waals surface area contributed by atoms with Crippen LogP contribution in [-0.4, -0.2) is 55.4 Å². The van der Waals surface area contributed by atoms with Crippen LogP contribution in [0.25, 0.3) is 0 Å². The average molecular weight is 573 g/mol. The van der Waals surface area contributed by atoms with Gasteiger partial charge in [-0.25, -0.2) is 8.42 Å². The number of non-ortho nitro benzene ring substituents is 1. The molecule has 0 fully saturated rings. The molecule has 2 aromatic carbocycles. The lowest BCUT2D eigenvalue weighted by Gasteiger charge is -2.33. The molecule has 0 aliphatic carbocycles. The SMILES string of the molecule is CCCNC(=O)[C@@H](CC)N(Cc1ccc(Cl)cc1Cl)C(=O)CN(c1cc([N+](=O)[O-])ccc1C)S(C)(=O)=O. The Kier molecular flexibility index (Phi) is 10.7. The summed E-state index contributed by atoms with van der Waals surface area (Å²) in [7, 11) is -4.05. The normalized spacial score (nSPS) is 12.1. The van der Waals surface area contributed by atoms with Crippen molar-refractivity contribution < 1.29 is 22.9 Å². The first-order chi connectivity index (χ1) is 17.3. The number of sulfonamides is 1. The maximum absolute atomic E-state index is 13.7. The van der Waals surface area contributed by atoms with E-state index in [0.717, 1.165) is 16.6 Å². The minimum absolute atomic E-state index is 0.00184. The second-order valence-corrected chi connectivity index (χ2v) is 11.2. The van der Waals surface area contributed by atoms with Crippen LogP contribution < -0.4 is 9.62 Å². The second-order valence-electron chi connectivity index (χ2n) is 8.47. The molecule has 13 heteroatoms. The van der Waals surface area contributed by atoms with Crippen molar-refractivity contribution in [3.63, 3.8) is 0 Å². The number of anilines is 1. The number of benzene rings is 2. The lowest BCUT2D eigenvalue weighted by Crippen LogP contribution is -2.52. The number of carbonyl (C=O) groups is 2. The Hall–Kier alpha value is -2.89. The first kappa shape index (κ1) is 30.3. The van der Waals surface area contributed by atoms with Crippen molar-refractivity contribution in [1.82, 2.24) is 10.2 Å². The summed E-state index contributed by atoms with van der Waals surface area (Å²) in [4.78, 5) is 38.6. The molecule has 2 rings (SSSR count). The Labute approximate surface area is 226 Å². The van der Waals surface area contributed by atoms with Crippen LogP contribution in [0.3, 0.4) is 0 Å². The third kappa shape index (κ3) is 8.05. The van der Waals surface area contributed by atoms with E-state index in [2.05, 4.69) is 5.32 Å². The lowest BCUT2D eigenvalue weighted by atomic mass is 10.1. The summed E-state index contributed by atoms with van der Waals surface area (Å²) in [6.45, 7) is 4.85. The van der Waals surface area contributed by atoms with Gasteiger partial charge in [-0.15, -0.1) is 0 Å². The zero-order valence-electron chi connectivity index (χ0n) is 21.0. The molecule has 0 saturated carbocycles. The first-order valence-corrected chi connectivity index (χ1v) is 14.1. The number of halogens is 2. The number of rotatable bonds is 12. The van der Waals surface area contributed by atoms with Crippen LogP contribution in [0.15, 0.2) is 36.4 Å². The van der Waals surface area contributed by atoms with Crippen molar-refractivity contribution in [2.45, 2.75) is 46.2 Å². The predicted molar refractivity (Wildman–Crippen MR) is 144 cm³/mol. The molecule has 2 amide bonds. The van der Waals surface area contributed by atoms with Gasteiger partial charge in [-0.1, -0.05) is 49.2 Å². The highest BCUT2D eigenvalue weighted by atomic mass is 35.5. The molecule has 1 N–H and O–H groups in total. The topological polar surface area (TPSA) is 130 Å². The van der Waals surface area contributed by atoms with Gasteiger partial charge in [0.1, 0.15) is 12.6 Å². The van der Waals surface area contributed by atoms with E-state index in [4.69, 9.17) is 23.2 Å². The molecular weight excluding hydrogens is 543 g/mol. The van der Waals surface area contributed by atoms with Gasteiger partial charge in [0.2, 0.25) is 21.8 Å². The highest BCUT2D eigenvalue weighted by molar-refractivity contribution is 7.92. The maximum atomic E-state index is 13.7. The van der Waals surface area contributed by atoms with Crippen LogP contribution in [0.1, 0.15) is 37.8 Å². The fraction of sp³-hybridized carbons (Fsp3) is 0.417. The Morgan fingerprint density at radius 2 is 1.81 bits per heavy atom. The fourth-order valence-electron chi connectivity index (χ4n) is 3.69. The van der Waals surface area contributed by atoms with Crippen molar-refractivity contribution in [1.29, 1.82) is 0 Å². The van der Waals surface area contributed by atoms with E-state index in [1.165, 1.54) is 23.1 Å². The van der Waals surface area contributed by atoms with Gasteiger partial charge in [0.25, 0.3) is 5.69 Å². The van der Waals surface area contributed by atoms with E-state index in [1.807, 2.05) is 6.92 Å². The molecule has 0 spiro atoms. The number of aryl methyl sites for hydroxylation is 1. The van der Waals surface area contributed by atoms with Crippen LogP contribution in [-0.2, 0) is 26.2 Å². The monoisotopic (exact) mass is 572 g/mol. The maximum Gasteiger partial charge on any atom is 0.271 e. The fourth-order valence-corrected chi connectivity index (χ4v) is 5.06. The third-order valence-electron chi connectivity index (χ3n) is 5.64. The average Bonchev–Trinajstić information content (AvgIpc) is 2.81. The van der Waals surface area contributed by atoms with Gasteiger partial charge in [-0.05, 0) is 43.0 Å². The van der Waals surface area contributed by atoms with Crippen LogP contribution in [0.2, 0.25) is 10.0 Å². The largest absolute Gasteiger partial charge is 0.354 e. The van der Waals surface area contributed by atoms with E-state index in [1.54, 1.807) is 26.0 Å². The molecule has 1 atom stereocenters. The number of hydrogen-bond acceptors (Lipinski definition) is 6. The van der Waals surface area contributed by atoms with Gasteiger partial charge in [-0.3, -0.25) is 24.0 Å². The summed E-state index contributed by atoms with van der Waals surface area (Å²) in [6, 6.07) is 7.58. The molecule has 202 valence electrons. The van der Waals surface area contributed by atoms with Crippen molar-refractivity contribution in [2.75, 3.05) is 23.7 Å². The highest BCUT2D eigenvalue weighted by Crippen LogP contribution is 2.29. The van der Waals surface area contributed by atoms with Gasteiger partial charge in [-0.2, -0.15) is 0 Å². The smallest absolute Gasteiger partial charge is 0.271 e. The summed E-state index contributed by atoms with van der Waals surface area (Å²) < 4.78 is 26.3. The molecule has 0 bridgehead atoms. The molecular formula is C24H30Cl2N4O6S. The molecule has 37 heavy (non-hydrogen) atoms. The summed E-state index contributed by atoms with van der Waals surface area (Å²) in [5, 5.41) is 14.8. The minimum Gasteiger partial charge on any atom is -0.354 e. The van der Waals surface area contributed by atoms with Crippen LogP contribution in [0.5, 0.6) is 0 Å². The number of hydrogen-bond donors (Lipinski definition) is 1. The Morgan fingerprint density at radius 3 is 2.35 bits per heavy atom. The number of nitrogens with zero attached hydrogens (tertiary/aromatic N) is 3. The van der Waals surface area contributed by atoms with Gasteiger partial charge >= 0.3 is 0 Å². The molecule has 0 saturated heterocycles. The van der Waals surface area contributed by atoms with Crippen LogP contribution in [0, 0.1) is 17.0 Å². The lowest BCUT2D eigenvalue weighted by molar-refractivity contribution is -0.384. The molecule has 0 aliphatic heterocycles. The molecule has 2 aromatic rings. The van der Waals surface area contributed by atoms with Crippen molar-refractivity contribution in [3.8, 4) is 0 Å². The first-order valence-electron chi connectivity index (χ1n) is 11.5. The van der Waals surface area contributed by atoms with E-state index in [0.29, 0.717) is 29.1 Å². The van der Waals surface area contributed by atoms with E-state index in [-0.39, 0.29) is 35.3 Å². The summed E-state index contributed by atoms with van der Waals surface area (Å²) in [5.74, 6) is -1.07.